The Morgan fingerprint density at radius 1 is 1.07 bits per heavy atom. The summed E-state index contributed by atoms with van der Waals surface area (Å²) in [5.41, 5.74) is 3.94. The SMILES string of the molecule is Cc1c(/C=C2\C[C@H]3[C@@H]4CC[C@H]5C[C@@H](O)CC[C@]5(C)[C@H]4CC[C@]3(C)[C@@H]2O)cnn1C. The number of hydrogen-bond donors (Lipinski definition) is 2. The summed E-state index contributed by atoms with van der Waals surface area (Å²) in [6, 6.07) is 0. The minimum absolute atomic E-state index is 0.0144. The first kappa shape index (κ1) is 19.8. The van der Waals surface area contributed by atoms with Gasteiger partial charge in [-0.2, -0.15) is 5.10 Å². The number of hydrogen-bond acceptors (Lipinski definition) is 3. The maximum Gasteiger partial charge on any atom is 0.0809 e. The van der Waals surface area contributed by atoms with Crippen LogP contribution in [0, 0.1) is 41.4 Å². The zero-order chi connectivity index (χ0) is 20.6. The lowest BCUT2D eigenvalue weighted by Gasteiger charge is -2.60. The lowest BCUT2D eigenvalue weighted by molar-refractivity contribution is -0.133. The molecule has 0 aromatic carbocycles. The molecule has 2 N–H and O–H groups in total. The third-order valence-corrected chi connectivity index (χ3v) is 10.1. The van der Waals surface area contributed by atoms with Gasteiger partial charge in [-0.1, -0.05) is 13.8 Å². The van der Waals surface area contributed by atoms with Gasteiger partial charge in [0.15, 0.2) is 0 Å². The first-order valence-electron chi connectivity index (χ1n) is 11.8. The molecule has 4 nitrogen and oxygen atoms in total. The summed E-state index contributed by atoms with van der Waals surface area (Å²) in [4.78, 5) is 0. The van der Waals surface area contributed by atoms with E-state index in [2.05, 4.69) is 31.9 Å². The van der Waals surface area contributed by atoms with E-state index in [0.29, 0.717) is 17.3 Å². The van der Waals surface area contributed by atoms with Crippen LogP contribution < -0.4 is 0 Å². The first-order chi connectivity index (χ1) is 13.7. The quantitative estimate of drug-likeness (QED) is 0.733. The number of aromatic nitrogens is 2. The molecule has 4 fully saturated rings. The van der Waals surface area contributed by atoms with Gasteiger partial charge in [0.05, 0.1) is 18.4 Å². The second-order valence-electron chi connectivity index (χ2n) is 11.3. The smallest absolute Gasteiger partial charge is 0.0809 e. The van der Waals surface area contributed by atoms with E-state index in [1.165, 1.54) is 31.3 Å². The fraction of sp³-hybridized carbons (Fsp3) is 0.800. The normalized spacial score (nSPS) is 48.3. The van der Waals surface area contributed by atoms with E-state index in [9.17, 15) is 10.2 Å². The standard InChI is InChI=1S/C25H38N2O2/c1-15-17(14-26-27(15)4)11-16-12-22-20-6-5-18-13-19(28)7-9-24(18,2)21(20)8-10-25(22,3)23(16)29/h11,14,18-23,28-29H,5-10,12-13H2,1-4H3/b16-11+/t18-,19-,20+,21-,22-,23+,24-,25-/m0/s1. The van der Waals surface area contributed by atoms with Crippen molar-refractivity contribution in [1.82, 2.24) is 9.78 Å². The van der Waals surface area contributed by atoms with E-state index in [0.717, 1.165) is 48.8 Å². The van der Waals surface area contributed by atoms with Gasteiger partial charge < -0.3 is 10.2 Å². The van der Waals surface area contributed by atoms with Gasteiger partial charge in [-0.25, -0.2) is 0 Å². The van der Waals surface area contributed by atoms with Crippen LogP contribution in [0.15, 0.2) is 11.8 Å². The van der Waals surface area contributed by atoms with Gasteiger partial charge in [0.1, 0.15) is 0 Å². The summed E-state index contributed by atoms with van der Waals surface area (Å²) in [7, 11) is 1.98. The molecule has 4 saturated carbocycles. The van der Waals surface area contributed by atoms with Crippen LogP contribution in [-0.2, 0) is 7.05 Å². The predicted molar refractivity (Wildman–Crippen MR) is 115 cm³/mol. The molecule has 0 spiro atoms. The van der Waals surface area contributed by atoms with Crippen LogP contribution in [0.5, 0.6) is 0 Å². The van der Waals surface area contributed by atoms with Gasteiger partial charge in [-0.3, -0.25) is 4.68 Å². The van der Waals surface area contributed by atoms with Gasteiger partial charge in [0.25, 0.3) is 0 Å². The highest BCUT2D eigenvalue weighted by atomic mass is 16.3. The maximum atomic E-state index is 11.4. The fourth-order valence-corrected chi connectivity index (χ4v) is 8.09. The Balaban J connectivity index is 1.45. The largest absolute Gasteiger partial charge is 0.393 e. The fourth-order valence-electron chi connectivity index (χ4n) is 8.09. The Labute approximate surface area is 175 Å². The summed E-state index contributed by atoms with van der Waals surface area (Å²) >= 11 is 0. The molecule has 0 radical (unpaired) electrons. The van der Waals surface area contributed by atoms with E-state index in [1.54, 1.807) is 0 Å². The van der Waals surface area contributed by atoms with E-state index in [4.69, 9.17) is 0 Å². The van der Waals surface area contributed by atoms with E-state index < -0.39 is 0 Å². The summed E-state index contributed by atoms with van der Waals surface area (Å²) in [6.45, 7) is 6.99. The van der Waals surface area contributed by atoms with Crippen LogP contribution in [0.25, 0.3) is 6.08 Å². The van der Waals surface area contributed by atoms with Gasteiger partial charge in [-0.05, 0) is 99.0 Å². The van der Waals surface area contributed by atoms with E-state index in [-0.39, 0.29) is 17.6 Å². The Kier molecular flexibility index (Phi) is 4.57. The van der Waals surface area contributed by atoms with Crippen LogP contribution in [0.4, 0.5) is 0 Å². The Bertz CT molecular complexity index is 829. The van der Waals surface area contributed by atoms with E-state index >= 15 is 0 Å². The molecule has 0 aliphatic heterocycles. The number of nitrogens with zero attached hydrogens (tertiary/aromatic N) is 2. The monoisotopic (exact) mass is 398 g/mol. The summed E-state index contributed by atoms with van der Waals surface area (Å²) in [5, 5.41) is 26.0. The number of aliphatic hydroxyl groups excluding tert-OH is 2. The molecule has 1 heterocycles. The molecule has 4 aliphatic carbocycles. The second kappa shape index (κ2) is 6.68. The van der Waals surface area contributed by atoms with Crippen LogP contribution in [-0.4, -0.2) is 32.2 Å². The second-order valence-corrected chi connectivity index (χ2v) is 11.3. The van der Waals surface area contributed by atoms with Crippen molar-refractivity contribution in [2.24, 2.45) is 41.5 Å². The van der Waals surface area contributed by atoms with Crippen LogP contribution in [0.2, 0.25) is 0 Å². The molecule has 5 rings (SSSR count). The first-order valence-corrected chi connectivity index (χ1v) is 11.8. The molecule has 4 aliphatic rings. The molecule has 0 unspecified atom stereocenters. The zero-order valence-corrected chi connectivity index (χ0v) is 18.6. The predicted octanol–water partition coefficient (Wildman–Crippen LogP) is 4.49. The van der Waals surface area contributed by atoms with Crippen LogP contribution in [0.3, 0.4) is 0 Å². The third kappa shape index (κ3) is 2.81. The van der Waals surface area contributed by atoms with Crippen molar-refractivity contribution in [2.45, 2.75) is 84.3 Å². The van der Waals surface area contributed by atoms with Crippen molar-refractivity contribution in [2.75, 3.05) is 0 Å². The molecule has 1 aromatic rings. The molecule has 4 heteroatoms. The van der Waals surface area contributed by atoms with Crippen LogP contribution in [0.1, 0.15) is 76.5 Å². The highest BCUT2D eigenvalue weighted by Crippen LogP contribution is 2.67. The molecular formula is C25H38N2O2. The van der Waals surface area contributed by atoms with E-state index in [1.807, 2.05) is 17.9 Å². The molecule has 160 valence electrons. The average Bonchev–Trinajstić information content (AvgIpc) is 3.14. The zero-order valence-electron chi connectivity index (χ0n) is 18.6. The van der Waals surface area contributed by atoms with Crippen molar-refractivity contribution in [3.63, 3.8) is 0 Å². The Morgan fingerprint density at radius 3 is 2.55 bits per heavy atom. The molecule has 0 saturated heterocycles. The average molecular weight is 399 g/mol. The topological polar surface area (TPSA) is 58.3 Å². The lowest BCUT2D eigenvalue weighted by Crippen LogP contribution is -2.54. The minimum atomic E-state index is -0.327. The van der Waals surface area contributed by atoms with Gasteiger partial charge in [0, 0.05) is 23.7 Å². The maximum absolute atomic E-state index is 11.4. The third-order valence-electron chi connectivity index (χ3n) is 10.1. The molecule has 0 bridgehead atoms. The Morgan fingerprint density at radius 2 is 1.83 bits per heavy atom. The number of aryl methyl sites for hydroxylation is 1. The highest BCUT2D eigenvalue weighted by molar-refractivity contribution is 5.57. The molecule has 8 atom stereocenters. The van der Waals surface area contributed by atoms with Crippen LogP contribution >= 0.6 is 0 Å². The van der Waals surface area contributed by atoms with Gasteiger partial charge in [-0.15, -0.1) is 0 Å². The molecule has 0 amide bonds. The summed E-state index contributed by atoms with van der Waals surface area (Å²) < 4.78 is 1.91. The minimum Gasteiger partial charge on any atom is -0.393 e. The number of aliphatic hydroxyl groups is 2. The summed E-state index contributed by atoms with van der Waals surface area (Å²) in [5.74, 6) is 2.76. The van der Waals surface area contributed by atoms with Crippen molar-refractivity contribution in [3.8, 4) is 0 Å². The van der Waals surface area contributed by atoms with Crippen molar-refractivity contribution in [1.29, 1.82) is 0 Å². The van der Waals surface area contributed by atoms with Gasteiger partial charge >= 0.3 is 0 Å². The van der Waals surface area contributed by atoms with Crippen molar-refractivity contribution in [3.05, 3.63) is 23.0 Å². The number of fused-ring (bicyclic) bond motifs is 5. The highest BCUT2D eigenvalue weighted by Gasteiger charge is 2.61. The molecule has 29 heavy (non-hydrogen) atoms. The summed E-state index contributed by atoms with van der Waals surface area (Å²) in [6.07, 6.45) is 12.9. The number of rotatable bonds is 1. The molecule has 1 aromatic heterocycles. The van der Waals surface area contributed by atoms with Crippen molar-refractivity contribution >= 4 is 6.08 Å². The Hall–Kier alpha value is -1.13. The van der Waals surface area contributed by atoms with Gasteiger partial charge in [0.2, 0.25) is 0 Å². The molecular weight excluding hydrogens is 360 g/mol. The lowest BCUT2D eigenvalue weighted by atomic mass is 9.45. The van der Waals surface area contributed by atoms with Crippen molar-refractivity contribution < 1.29 is 10.2 Å².